The molecule has 2 aromatic heterocycles. The van der Waals surface area contributed by atoms with E-state index in [0.29, 0.717) is 5.82 Å². The molecule has 8 heteroatoms. The number of alkyl halides is 2. The SMILES string of the molecule is O=C(NCc1ccc(-n2ccnc2)nc1)c1cccc(OC(F)F)c1. The van der Waals surface area contributed by atoms with Gasteiger partial charge in [0.15, 0.2) is 0 Å². The van der Waals surface area contributed by atoms with E-state index in [1.807, 2.05) is 6.07 Å². The molecule has 1 aromatic carbocycles. The van der Waals surface area contributed by atoms with Crippen LogP contribution in [-0.2, 0) is 6.54 Å². The Bertz CT molecular complexity index is 836. The molecule has 0 aliphatic heterocycles. The molecule has 0 bridgehead atoms. The molecule has 3 aromatic rings. The summed E-state index contributed by atoms with van der Waals surface area (Å²) >= 11 is 0. The summed E-state index contributed by atoms with van der Waals surface area (Å²) < 4.78 is 30.5. The summed E-state index contributed by atoms with van der Waals surface area (Å²) in [5.74, 6) is 0.261. The highest BCUT2D eigenvalue weighted by Crippen LogP contribution is 2.16. The van der Waals surface area contributed by atoms with Gasteiger partial charge in [-0.15, -0.1) is 0 Å². The first kappa shape index (κ1) is 16.6. The molecule has 3 rings (SSSR count). The summed E-state index contributed by atoms with van der Waals surface area (Å²) in [6.07, 6.45) is 6.71. The molecule has 0 saturated heterocycles. The van der Waals surface area contributed by atoms with E-state index < -0.39 is 12.5 Å². The van der Waals surface area contributed by atoms with Gasteiger partial charge in [0.05, 0.1) is 0 Å². The fraction of sp³-hybridized carbons (Fsp3) is 0.118. The highest BCUT2D eigenvalue weighted by molar-refractivity contribution is 5.94. The van der Waals surface area contributed by atoms with Gasteiger partial charge in [-0.3, -0.25) is 9.36 Å². The van der Waals surface area contributed by atoms with Gasteiger partial charge in [0, 0.05) is 30.7 Å². The van der Waals surface area contributed by atoms with Crippen molar-refractivity contribution in [2.24, 2.45) is 0 Å². The molecule has 1 N–H and O–H groups in total. The first-order chi connectivity index (χ1) is 12.1. The molecule has 0 unspecified atom stereocenters. The maximum atomic E-state index is 12.2. The average molecular weight is 344 g/mol. The monoisotopic (exact) mass is 344 g/mol. The number of rotatable bonds is 6. The van der Waals surface area contributed by atoms with E-state index in [2.05, 4.69) is 20.0 Å². The highest BCUT2D eigenvalue weighted by atomic mass is 19.3. The average Bonchev–Trinajstić information content (AvgIpc) is 3.14. The second-order valence-corrected chi connectivity index (χ2v) is 5.08. The van der Waals surface area contributed by atoms with Gasteiger partial charge in [-0.25, -0.2) is 9.97 Å². The van der Waals surface area contributed by atoms with Crippen molar-refractivity contribution >= 4 is 5.91 Å². The molecule has 0 fully saturated rings. The van der Waals surface area contributed by atoms with Crippen LogP contribution in [-0.4, -0.2) is 27.1 Å². The second-order valence-electron chi connectivity index (χ2n) is 5.08. The van der Waals surface area contributed by atoms with Crippen molar-refractivity contribution in [1.82, 2.24) is 19.9 Å². The largest absolute Gasteiger partial charge is 0.435 e. The fourth-order valence-electron chi connectivity index (χ4n) is 2.17. The number of hydrogen-bond donors (Lipinski definition) is 1. The van der Waals surface area contributed by atoms with Gasteiger partial charge in [0.2, 0.25) is 0 Å². The molecule has 128 valence electrons. The number of nitrogens with zero attached hydrogens (tertiary/aromatic N) is 3. The minimum atomic E-state index is -2.93. The molecule has 0 aliphatic carbocycles. The molecule has 1 amide bonds. The summed E-state index contributed by atoms with van der Waals surface area (Å²) in [6.45, 7) is -2.67. The number of imidazole rings is 1. The number of carbonyl (C=O) groups excluding carboxylic acids is 1. The van der Waals surface area contributed by atoms with Crippen LogP contribution in [0.3, 0.4) is 0 Å². The summed E-state index contributed by atoms with van der Waals surface area (Å²) in [6, 6.07) is 9.27. The summed E-state index contributed by atoms with van der Waals surface area (Å²) in [5, 5.41) is 2.71. The molecular weight excluding hydrogens is 330 g/mol. The minimum Gasteiger partial charge on any atom is -0.435 e. The third-order valence-electron chi connectivity index (χ3n) is 3.35. The van der Waals surface area contributed by atoms with Gasteiger partial charge in [0.25, 0.3) is 5.91 Å². The Morgan fingerprint density at radius 2 is 2.16 bits per heavy atom. The smallest absolute Gasteiger partial charge is 0.387 e. The Hall–Kier alpha value is -3.29. The van der Waals surface area contributed by atoms with Crippen molar-refractivity contribution in [2.45, 2.75) is 13.2 Å². The Kier molecular flexibility index (Phi) is 4.98. The third-order valence-corrected chi connectivity index (χ3v) is 3.35. The number of aromatic nitrogens is 3. The van der Waals surface area contributed by atoms with Crippen LogP contribution in [0.25, 0.3) is 5.82 Å². The van der Waals surface area contributed by atoms with Crippen LogP contribution in [0.5, 0.6) is 5.75 Å². The highest BCUT2D eigenvalue weighted by Gasteiger charge is 2.09. The molecule has 0 spiro atoms. The van der Waals surface area contributed by atoms with Crippen LogP contribution >= 0.6 is 0 Å². The maximum Gasteiger partial charge on any atom is 0.387 e. The van der Waals surface area contributed by atoms with E-state index in [1.165, 1.54) is 24.3 Å². The van der Waals surface area contributed by atoms with Crippen LogP contribution in [0, 0.1) is 0 Å². The molecule has 0 radical (unpaired) electrons. The van der Waals surface area contributed by atoms with E-state index >= 15 is 0 Å². The van der Waals surface area contributed by atoms with Gasteiger partial charge in [0.1, 0.15) is 17.9 Å². The zero-order valence-electron chi connectivity index (χ0n) is 13.0. The quantitative estimate of drug-likeness (QED) is 0.747. The number of ether oxygens (including phenoxy) is 1. The Labute approximate surface area is 142 Å². The third kappa shape index (κ3) is 4.37. The van der Waals surface area contributed by atoms with Gasteiger partial charge >= 0.3 is 6.61 Å². The summed E-state index contributed by atoms with van der Waals surface area (Å²) in [5.41, 5.74) is 1.04. The lowest BCUT2D eigenvalue weighted by Gasteiger charge is -2.08. The fourth-order valence-corrected chi connectivity index (χ4v) is 2.17. The number of hydrogen-bond acceptors (Lipinski definition) is 4. The van der Waals surface area contributed by atoms with Crippen LogP contribution in [0.2, 0.25) is 0 Å². The Balaban J connectivity index is 1.60. The van der Waals surface area contributed by atoms with Crippen molar-refractivity contribution in [1.29, 1.82) is 0 Å². The maximum absolute atomic E-state index is 12.2. The van der Waals surface area contributed by atoms with Crippen LogP contribution in [0.4, 0.5) is 8.78 Å². The number of pyridine rings is 1. The first-order valence-corrected chi connectivity index (χ1v) is 7.38. The molecule has 2 heterocycles. The second kappa shape index (κ2) is 7.52. The lowest BCUT2D eigenvalue weighted by atomic mass is 10.2. The number of nitrogens with one attached hydrogen (secondary N) is 1. The number of benzene rings is 1. The van der Waals surface area contributed by atoms with E-state index in [4.69, 9.17) is 0 Å². The molecule has 0 aliphatic rings. The van der Waals surface area contributed by atoms with E-state index in [0.717, 1.165) is 5.56 Å². The first-order valence-electron chi connectivity index (χ1n) is 7.38. The lowest BCUT2D eigenvalue weighted by molar-refractivity contribution is -0.0498. The molecule has 0 saturated carbocycles. The zero-order chi connectivity index (χ0) is 17.6. The van der Waals surface area contributed by atoms with Crippen molar-refractivity contribution in [2.75, 3.05) is 0 Å². The molecular formula is C17H14F2N4O2. The van der Waals surface area contributed by atoms with E-state index in [9.17, 15) is 13.6 Å². The molecule has 6 nitrogen and oxygen atoms in total. The van der Waals surface area contributed by atoms with Crippen LogP contribution < -0.4 is 10.1 Å². The van der Waals surface area contributed by atoms with Crippen LogP contribution in [0.15, 0.2) is 61.3 Å². The standard InChI is InChI=1S/C17H14F2N4O2/c18-17(19)25-14-3-1-2-13(8-14)16(24)22-10-12-4-5-15(21-9-12)23-7-6-20-11-23/h1-9,11,17H,10H2,(H,22,24). The normalized spacial score (nSPS) is 10.7. The number of amides is 1. The summed E-state index contributed by atoms with van der Waals surface area (Å²) in [7, 11) is 0. The van der Waals surface area contributed by atoms with Crippen molar-refractivity contribution in [3.05, 3.63) is 72.4 Å². The van der Waals surface area contributed by atoms with Gasteiger partial charge < -0.3 is 10.1 Å². The predicted octanol–water partition coefficient (Wildman–Crippen LogP) is 2.80. The van der Waals surface area contributed by atoms with Gasteiger partial charge in [-0.1, -0.05) is 12.1 Å². The van der Waals surface area contributed by atoms with Crippen molar-refractivity contribution in [3.63, 3.8) is 0 Å². The summed E-state index contributed by atoms with van der Waals surface area (Å²) in [4.78, 5) is 20.4. The number of carbonyl (C=O) groups is 1. The molecule has 0 atom stereocenters. The van der Waals surface area contributed by atoms with E-state index in [-0.39, 0.29) is 17.9 Å². The Morgan fingerprint density at radius 1 is 1.28 bits per heavy atom. The number of halogens is 2. The van der Waals surface area contributed by atoms with Gasteiger partial charge in [-0.2, -0.15) is 8.78 Å². The van der Waals surface area contributed by atoms with Crippen LogP contribution in [0.1, 0.15) is 15.9 Å². The Morgan fingerprint density at radius 3 is 2.84 bits per heavy atom. The van der Waals surface area contributed by atoms with Gasteiger partial charge in [-0.05, 0) is 29.8 Å². The predicted molar refractivity (Wildman–Crippen MR) is 85.6 cm³/mol. The topological polar surface area (TPSA) is 69.0 Å². The lowest BCUT2D eigenvalue weighted by Crippen LogP contribution is -2.23. The zero-order valence-corrected chi connectivity index (χ0v) is 13.0. The minimum absolute atomic E-state index is 0.0611. The molecule has 25 heavy (non-hydrogen) atoms. The van der Waals surface area contributed by atoms with Crippen molar-refractivity contribution < 1.29 is 18.3 Å². The van der Waals surface area contributed by atoms with Crippen molar-refractivity contribution in [3.8, 4) is 11.6 Å². The van der Waals surface area contributed by atoms with E-state index in [1.54, 1.807) is 35.6 Å².